The third-order valence-electron chi connectivity index (χ3n) is 3.12. The van der Waals surface area contributed by atoms with E-state index < -0.39 is 23.0 Å². The van der Waals surface area contributed by atoms with Gasteiger partial charge in [0, 0.05) is 17.8 Å². The number of nitrogens with two attached hydrogens (primary N) is 1. The van der Waals surface area contributed by atoms with Crippen molar-refractivity contribution in [3.63, 3.8) is 0 Å². The van der Waals surface area contributed by atoms with Crippen molar-refractivity contribution in [3.05, 3.63) is 58.4 Å². The number of ketones is 1. The summed E-state index contributed by atoms with van der Waals surface area (Å²) >= 11 is 6.02. The minimum Gasteiger partial charge on any atom is -0.396 e. The van der Waals surface area contributed by atoms with Crippen LogP contribution in [0.4, 0.5) is 14.5 Å². The van der Waals surface area contributed by atoms with Gasteiger partial charge in [0.05, 0.1) is 21.8 Å². The number of carbonyl (C=O) groups is 1. The lowest BCUT2D eigenvalue weighted by molar-refractivity contribution is 0.103. The Labute approximate surface area is 122 Å². The van der Waals surface area contributed by atoms with Crippen LogP contribution in [-0.2, 0) is 0 Å². The topological polar surface area (TPSA) is 71.8 Å². The molecular weight excluding hydrogens is 300 g/mol. The van der Waals surface area contributed by atoms with Crippen LogP contribution in [0.5, 0.6) is 0 Å². The highest BCUT2D eigenvalue weighted by Gasteiger charge is 2.24. The van der Waals surface area contributed by atoms with Gasteiger partial charge in [-0.1, -0.05) is 11.6 Å². The van der Waals surface area contributed by atoms with Gasteiger partial charge in [0.25, 0.3) is 0 Å². The summed E-state index contributed by atoms with van der Waals surface area (Å²) in [5.74, 6) is -2.92. The quantitative estimate of drug-likeness (QED) is 0.563. The van der Waals surface area contributed by atoms with Crippen molar-refractivity contribution in [1.29, 1.82) is 0 Å². The van der Waals surface area contributed by atoms with Crippen LogP contribution in [0.25, 0.3) is 11.0 Å². The molecule has 21 heavy (non-hydrogen) atoms. The van der Waals surface area contributed by atoms with Crippen molar-refractivity contribution in [2.24, 2.45) is 0 Å². The number of nitrogens with one attached hydrogen (secondary N) is 1. The zero-order valence-corrected chi connectivity index (χ0v) is 11.2. The number of hydrogen-bond donors (Lipinski definition) is 2. The molecule has 0 saturated heterocycles. The highest BCUT2D eigenvalue weighted by molar-refractivity contribution is 6.37. The number of carbonyl (C=O) groups excluding carboxylic acids is 1. The van der Waals surface area contributed by atoms with Crippen LogP contribution in [0, 0.1) is 11.6 Å². The number of hydrogen-bond acceptors (Lipinski definition) is 3. The SMILES string of the molecule is Nc1ccc(F)c(C(=O)c2c[nH]c3nccc(Cl)c23)c1F. The van der Waals surface area contributed by atoms with Gasteiger partial charge in [0.2, 0.25) is 5.78 Å². The first-order valence-electron chi connectivity index (χ1n) is 5.90. The van der Waals surface area contributed by atoms with Crippen LogP contribution in [0.1, 0.15) is 15.9 Å². The molecule has 3 rings (SSSR count). The van der Waals surface area contributed by atoms with Crippen LogP contribution in [-0.4, -0.2) is 15.8 Å². The van der Waals surface area contributed by atoms with E-state index in [1.54, 1.807) is 0 Å². The first-order valence-corrected chi connectivity index (χ1v) is 6.28. The minimum absolute atomic E-state index is 0.0338. The van der Waals surface area contributed by atoms with Crippen molar-refractivity contribution in [3.8, 4) is 0 Å². The van der Waals surface area contributed by atoms with Crippen LogP contribution in [0.3, 0.4) is 0 Å². The molecule has 2 aromatic heterocycles. The number of fused-ring (bicyclic) bond motifs is 1. The molecule has 0 atom stereocenters. The highest BCUT2D eigenvalue weighted by Crippen LogP contribution is 2.29. The molecule has 0 aliphatic rings. The first-order chi connectivity index (χ1) is 10.0. The number of H-pyrrole nitrogens is 1. The van der Waals surface area contributed by atoms with E-state index >= 15 is 0 Å². The van der Waals surface area contributed by atoms with Gasteiger partial charge in [-0.05, 0) is 18.2 Å². The van der Waals surface area contributed by atoms with Crippen molar-refractivity contribution in [1.82, 2.24) is 9.97 Å². The fourth-order valence-electron chi connectivity index (χ4n) is 2.11. The Hall–Kier alpha value is -2.47. The number of nitrogen functional groups attached to an aromatic ring is 1. The maximum absolute atomic E-state index is 14.0. The van der Waals surface area contributed by atoms with Gasteiger partial charge >= 0.3 is 0 Å². The summed E-state index contributed by atoms with van der Waals surface area (Å²) in [6.07, 6.45) is 2.77. The molecule has 0 spiro atoms. The summed E-state index contributed by atoms with van der Waals surface area (Å²) in [4.78, 5) is 19.2. The van der Waals surface area contributed by atoms with Gasteiger partial charge in [-0.2, -0.15) is 0 Å². The predicted octanol–water partition coefficient (Wildman–Crippen LogP) is 3.31. The fourth-order valence-corrected chi connectivity index (χ4v) is 2.35. The maximum Gasteiger partial charge on any atom is 0.201 e. The molecule has 3 N–H and O–H groups in total. The summed E-state index contributed by atoms with van der Waals surface area (Å²) in [6.45, 7) is 0. The number of benzene rings is 1. The molecule has 2 heterocycles. The van der Waals surface area contributed by atoms with Crippen LogP contribution in [0.2, 0.25) is 5.02 Å². The summed E-state index contributed by atoms with van der Waals surface area (Å²) < 4.78 is 27.8. The zero-order chi connectivity index (χ0) is 15.1. The van der Waals surface area contributed by atoms with Crippen molar-refractivity contribution in [2.45, 2.75) is 0 Å². The molecule has 0 unspecified atom stereocenters. The third kappa shape index (κ3) is 2.04. The molecular formula is C14H8ClF2N3O. The molecule has 106 valence electrons. The Bertz CT molecular complexity index is 876. The Morgan fingerprint density at radius 3 is 2.81 bits per heavy atom. The lowest BCUT2D eigenvalue weighted by Gasteiger charge is -2.06. The second-order valence-corrected chi connectivity index (χ2v) is 4.78. The van der Waals surface area contributed by atoms with Gasteiger partial charge in [-0.3, -0.25) is 4.79 Å². The molecule has 0 aliphatic heterocycles. The van der Waals surface area contributed by atoms with Crippen molar-refractivity contribution < 1.29 is 13.6 Å². The summed E-state index contributed by atoms with van der Waals surface area (Å²) in [6, 6.07) is 3.49. The summed E-state index contributed by atoms with van der Waals surface area (Å²) in [5.41, 5.74) is 4.76. The number of rotatable bonds is 2. The van der Waals surface area contributed by atoms with Gasteiger partial charge in [-0.15, -0.1) is 0 Å². The Balaban J connectivity index is 2.25. The average Bonchev–Trinajstić information content (AvgIpc) is 2.88. The number of halogens is 3. The molecule has 0 aliphatic carbocycles. The monoisotopic (exact) mass is 307 g/mol. The van der Waals surface area contributed by atoms with Gasteiger partial charge < -0.3 is 10.7 Å². The zero-order valence-electron chi connectivity index (χ0n) is 10.5. The molecule has 0 radical (unpaired) electrons. The third-order valence-corrected chi connectivity index (χ3v) is 3.43. The van der Waals surface area contributed by atoms with E-state index in [0.717, 1.165) is 12.1 Å². The molecule has 0 bridgehead atoms. The molecule has 4 nitrogen and oxygen atoms in total. The predicted molar refractivity (Wildman–Crippen MR) is 75.3 cm³/mol. The second-order valence-electron chi connectivity index (χ2n) is 4.37. The average molecular weight is 308 g/mol. The minimum atomic E-state index is -1.09. The molecule has 7 heteroatoms. The largest absolute Gasteiger partial charge is 0.396 e. The van der Waals surface area contributed by atoms with Gasteiger partial charge in [-0.25, -0.2) is 13.8 Å². The van der Waals surface area contributed by atoms with E-state index in [2.05, 4.69) is 9.97 Å². The van der Waals surface area contributed by atoms with Gasteiger partial charge in [0.15, 0.2) is 5.82 Å². The van der Waals surface area contributed by atoms with E-state index in [4.69, 9.17) is 17.3 Å². The van der Waals surface area contributed by atoms with E-state index in [-0.39, 0.29) is 16.3 Å². The number of nitrogens with zero attached hydrogens (tertiary/aromatic N) is 1. The summed E-state index contributed by atoms with van der Waals surface area (Å²) in [7, 11) is 0. The molecule has 3 aromatic rings. The number of pyridine rings is 1. The smallest absolute Gasteiger partial charge is 0.201 e. The fraction of sp³-hybridized carbons (Fsp3) is 0. The second kappa shape index (κ2) is 4.82. The van der Waals surface area contributed by atoms with Crippen LogP contribution >= 0.6 is 11.6 Å². The van der Waals surface area contributed by atoms with E-state index in [0.29, 0.717) is 11.0 Å². The van der Waals surface area contributed by atoms with Crippen LogP contribution in [0.15, 0.2) is 30.6 Å². The Morgan fingerprint density at radius 2 is 2.05 bits per heavy atom. The normalized spacial score (nSPS) is 11.0. The maximum atomic E-state index is 14.0. The number of anilines is 1. The van der Waals surface area contributed by atoms with Crippen LogP contribution < -0.4 is 5.73 Å². The van der Waals surface area contributed by atoms with E-state index in [9.17, 15) is 13.6 Å². The standard InChI is InChI=1S/C14H8ClF2N3O/c15-7-3-4-19-14-10(7)6(5-20-14)13(21)11-8(16)1-2-9(18)12(11)17/h1-5H,18H2,(H,19,20). The number of aromatic nitrogens is 2. The summed E-state index contributed by atoms with van der Waals surface area (Å²) in [5, 5.41) is 0.569. The Morgan fingerprint density at radius 1 is 1.29 bits per heavy atom. The molecule has 1 aromatic carbocycles. The lowest BCUT2D eigenvalue weighted by atomic mass is 10.0. The lowest BCUT2D eigenvalue weighted by Crippen LogP contribution is -2.09. The number of aromatic amines is 1. The molecule has 0 fully saturated rings. The van der Waals surface area contributed by atoms with E-state index in [1.807, 2.05) is 0 Å². The first kappa shape index (κ1) is 13.5. The Kier molecular flexibility index (Phi) is 3.10. The highest BCUT2D eigenvalue weighted by atomic mass is 35.5. The van der Waals surface area contributed by atoms with E-state index in [1.165, 1.54) is 18.5 Å². The van der Waals surface area contributed by atoms with Gasteiger partial charge in [0.1, 0.15) is 11.5 Å². The van der Waals surface area contributed by atoms with Crippen molar-refractivity contribution >= 4 is 34.1 Å². The molecule has 0 amide bonds. The van der Waals surface area contributed by atoms with Crippen molar-refractivity contribution in [2.75, 3.05) is 5.73 Å². The molecule has 0 saturated carbocycles.